The summed E-state index contributed by atoms with van der Waals surface area (Å²) in [5.41, 5.74) is -5.80. The highest BCUT2D eigenvalue weighted by Crippen LogP contribution is 2.69. The molecule has 3 saturated carbocycles. The smallest absolute Gasteiger partial charge is 0.303 e. The Morgan fingerprint density at radius 3 is 2.30 bits per heavy atom. The lowest BCUT2D eigenvalue weighted by Gasteiger charge is -2.67. The molecule has 3 fully saturated rings. The van der Waals surface area contributed by atoms with Crippen molar-refractivity contribution in [3.63, 3.8) is 0 Å². The van der Waals surface area contributed by atoms with Gasteiger partial charge in [0.25, 0.3) is 0 Å². The van der Waals surface area contributed by atoms with E-state index in [1.54, 1.807) is 0 Å². The molecule has 4 aliphatic carbocycles. The fraction of sp³-hybridized carbons (Fsp3) is 0.897. The quantitative estimate of drug-likeness (QED) is 0.219. The minimum absolute atomic E-state index is 0.145. The monoisotopic (exact) mass is 524 g/mol. The van der Waals surface area contributed by atoms with Gasteiger partial charge >= 0.3 is 5.97 Å². The second kappa shape index (κ2) is 9.86. The SMILES string of the molecule is CC(=O)O[C@@H]1C[C@@]2(C)C(CC[C@@H]2[C@H](C)CCCC(C)C)C2=C[C@@H](O)[C@@]3(O)C[C@@H](O)[C@H](O)C[C@]3(CO)[C@]21O. The molecule has 4 rings (SSSR count). The zero-order chi connectivity index (χ0) is 27.6. The molecule has 0 spiro atoms. The molecule has 0 aliphatic heterocycles. The average Bonchev–Trinajstić information content (AvgIpc) is 3.14. The summed E-state index contributed by atoms with van der Waals surface area (Å²) in [5, 5.41) is 67.6. The van der Waals surface area contributed by atoms with Gasteiger partial charge in [0.05, 0.1) is 24.2 Å². The number of aliphatic hydroxyl groups excluding tert-OH is 4. The van der Waals surface area contributed by atoms with Gasteiger partial charge in [0.1, 0.15) is 23.4 Å². The van der Waals surface area contributed by atoms with E-state index in [4.69, 9.17) is 4.74 Å². The first-order valence-corrected chi connectivity index (χ1v) is 14.2. The van der Waals surface area contributed by atoms with Crippen LogP contribution in [0.15, 0.2) is 11.6 Å². The lowest BCUT2D eigenvalue weighted by atomic mass is 9.42. The van der Waals surface area contributed by atoms with Crippen LogP contribution in [-0.2, 0) is 9.53 Å². The fourth-order valence-electron chi connectivity index (χ4n) is 9.05. The van der Waals surface area contributed by atoms with E-state index in [0.717, 1.165) is 32.1 Å². The van der Waals surface area contributed by atoms with Gasteiger partial charge in [-0.3, -0.25) is 4.79 Å². The Balaban J connectivity index is 1.81. The second-order valence-electron chi connectivity index (χ2n) is 13.4. The van der Waals surface area contributed by atoms with E-state index in [2.05, 4.69) is 27.7 Å². The van der Waals surface area contributed by atoms with Crippen molar-refractivity contribution in [1.82, 2.24) is 0 Å². The Morgan fingerprint density at radius 2 is 1.70 bits per heavy atom. The van der Waals surface area contributed by atoms with Crippen molar-refractivity contribution in [2.24, 2.45) is 34.5 Å². The number of hydrogen-bond donors (Lipinski definition) is 6. The third kappa shape index (κ3) is 4.13. The largest absolute Gasteiger partial charge is 0.459 e. The molecule has 11 atom stereocenters. The molecule has 0 aromatic carbocycles. The third-order valence-electron chi connectivity index (χ3n) is 10.9. The highest BCUT2D eigenvalue weighted by atomic mass is 16.6. The summed E-state index contributed by atoms with van der Waals surface area (Å²) >= 11 is 0. The predicted octanol–water partition coefficient (Wildman–Crippen LogP) is 2.07. The Labute approximate surface area is 220 Å². The molecular formula is C29H48O8. The van der Waals surface area contributed by atoms with Crippen LogP contribution in [-0.4, -0.2) is 78.8 Å². The summed E-state index contributed by atoms with van der Waals surface area (Å²) in [6, 6.07) is 0. The van der Waals surface area contributed by atoms with Gasteiger partial charge in [-0.1, -0.05) is 53.0 Å². The molecule has 212 valence electrons. The molecule has 8 nitrogen and oxygen atoms in total. The van der Waals surface area contributed by atoms with Crippen molar-refractivity contribution in [1.29, 1.82) is 0 Å². The minimum Gasteiger partial charge on any atom is -0.459 e. The maximum atomic E-state index is 12.7. The predicted molar refractivity (Wildman–Crippen MR) is 137 cm³/mol. The van der Waals surface area contributed by atoms with Crippen LogP contribution >= 0.6 is 0 Å². The van der Waals surface area contributed by atoms with Crippen LogP contribution in [0.5, 0.6) is 0 Å². The summed E-state index contributed by atoms with van der Waals surface area (Å²) in [5.74, 6) is 0.646. The van der Waals surface area contributed by atoms with Crippen LogP contribution in [0.25, 0.3) is 0 Å². The first-order chi connectivity index (χ1) is 17.2. The van der Waals surface area contributed by atoms with Gasteiger partial charge in [-0.25, -0.2) is 0 Å². The van der Waals surface area contributed by atoms with Crippen LogP contribution in [0.4, 0.5) is 0 Å². The van der Waals surface area contributed by atoms with Crippen molar-refractivity contribution < 1.29 is 40.2 Å². The molecule has 37 heavy (non-hydrogen) atoms. The van der Waals surface area contributed by atoms with Crippen LogP contribution < -0.4 is 0 Å². The average molecular weight is 525 g/mol. The van der Waals surface area contributed by atoms with Crippen LogP contribution in [0.2, 0.25) is 0 Å². The molecule has 0 saturated heterocycles. The standard InChI is InChI=1S/C29H48O8/c1-16(2)7-6-8-17(3)19-9-10-20-21-11-24(34)28(35)13-23(33)22(32)12-27(28,15-30)29(21,36)25(37-18(4)31)14-26(19,20)5/h11,16-17,19-20,22-25,30,32-36H,6-10,12-15H2,1-5H3/t17-,19-,20?,22-,23-,24-,25-,26-,27-,28+,29+/m1/s1. The maximum absolute atomic E-state index is 12.7. The van der Waals surface area contributed by atoms with Gasteiger partial charge in [0, 0.05) is 13.3 Å². The minimum atomic E-state index is -2.12. The van der Waals surface area contributed by atoms with E-state index < -0.39 is 60.0 Å². The van der Waals surface area contributed by atoms with Gasteiger partial charge in [-0.15, -0.1) is 0 Å². The van der Waals surface area contributed by atoms with E-state index in [9.17, 15) is 35.4 Å². The normalized spacial score (nSPS) is 48.1. The number of rotatable bonds is 7. The topological polar surface area (TPSA) is 148 Å². The zero-order valence-electron chi connectivity index (χ0n) is 23.1. The molecule has 1 unspecified atom stereocenters. The van der Waals surface area contributed by atoms with Crippen molar-refractivity contribution in [3.05, 3.63) is 11.6 Å². The summed E-state index contributed by atoms with van der Waals surface area (Å²) in [7, 11) is 0. The Bertz CT molecular complexity index is 904. The molecule has 0 aromatic rings. The molecule has 0 radical (unpaired) electrons. The number of fused-ring (bicyclic) bond motifs is 5. The van der Waals surface area contributed by atoms with Crippen molar-refractivity contribution in [3.8, 4) is 0 Å². The highest BCUT2D eigenvalue weighted by molar-refractivity contribution is 5.66. The maximum Gasteiger partial charge on any atom is 0.303 e. The summed E-state index contributed by atoms with van der Waals surface area (Å²) in [4.78, 5) is 12.3. The van der Waals surface area contributed by atoms with Gasteiger partial charge in [-0.05, 0) is 60.3 Å². The van der Waals surface area contributed by atoms with Crippen LogP contribution in [0.1, 0.15) is 86.0 Å². The summed E-state index contributed by atoms with van der Waals surface area (Å²) in [6.45, 7) is 9.43. The number of ether oxygens (including phenoxy) is 1. The van der Waals surface area contributed by atoms with Crippen LogP contribution in [0, 0.1) is 34.5 Å². The van der Waals surface area contributed by atoms with Crippen molar-refractivity contribution >= 4 is 5.97 Å². The van der Waals surface area contributed by atoms with Gasteiger partial charge in [-0.2, -0.15) is 0 Å². The lowest BCUT2D eigenvalue weighted by Crippen LogP contribution is -2.80. The molecule has 0 heterocycles. The summed E-state index contributed by atoms with van der Waals surface area (Å²) in [6.07, 6.45) is 0.925. The third-order valence-corrected chi connectivity index (χ3v) is 10.9. The first kappa shape index (κ1) is 29.0. The van der Waals surface area contributed by atoms with Gasteiger partial charge in [0.15, 0.2) is 0 Å². The van der Waals surface area contributed by atoms with E-state index >= 15 is 0 Å². The van der Waals surface area contributed by atoms with Crippen molar-refractivity contribution in [2.75, 3.05) is 6.61 Å². The number of hydrogen-bond acceptors (Lipinski definition) is 8. The first-order valence-electron chi connectivity index (χ1n) is 14.2. The Kier molecular flexibility index (Phi) is 7.72. The van der Waals surface area contributed by atoms with Crippen molar-refractivity contribution in [2.45, 2.75) is 122 Å². The van der Waals surface area contributed by atoms with E-state index in [1.165, 1.54) is 13.0 Å². The lowest BCUT2D eigenvalue weighted by molar-refractivity contribution is -0.312. The molecular weight excluding hydrogens is 476 g/mol. The number of aliphatic hydroxyl groups is 6. The zero-order valence-corrected chi connectivity index (χ0v) is 23.1. The fourth-order valence-corrected chi connectivity index (χ4v) is 9.05. The van der Waals surface area contributed by atoms with E-state index in [1.807, 2.05) is 0 Å². The molecule has 8 heteroatoms. The van der Waals surface area contributed by atoms with E-state index in [0.29, 0.717) is 29.7 Å². The molecule has 4 aliphatic rings. The van der Waals surface area contributed by atoms with E-state index in [-0.39, 0.29) is 17.8 Å². The van der Waals surface area contributed by atoms with Gasteiger partial charge in [0.2, 0.25) is 0 Å². The molecule has 0 aromatic heterocycles. The number of carbonyl (C=O) groups excluding carboxylic acids is 1. The number of esters is 1. The Morgan fingerprint density at radius 1 is 1.05 bits per heavy atom. The number of carbonyl (C=O) groups is 1. The Hall–Kier alpha value is -1.03. The molecule has 0 amide bonds. The molecule has 6 N–H and O–H groups in total. The highest BCUT2D eigenvalue weighted by Gasteiger charge is 2.77. The molecule has 0 bridgehead atoms. The van der Waals surface area contributed by atoms with Gasteiger partial charge < -0.3 is 35.4 Å². The van der Waals surface area contributed by atoms with Crippen LogP contribution in [0.3, 0.4) is 0 Å². The summed E-state index contributed by atoms with van der Waals surface area (Å²) < 4.78 is 5.82. The second-order valence-corrected chi connectivity index (χ2v) is 13.4.